The molecular formula is C18H20F3N3O. The molecule has 0 heterocycles. The van der Waals surface area contributed by atoms with Gasteiger partial charge in [-0.3, -0.25) is 4.99 Å². The summed E-state index contributed by atoms with van der Waals surface area (Å²) in [7, 11) is 1.63. The summed E-state index contributed by atoms with van der Waals surface area (Å²) in [6.07, 6.45) is 0.649. The first kappa shape index (κ1) is 18.6. The van der Waals surface area contributed by atoms with Crippen molar-refractivity contribution < 1.29 is 17.9 Å². The van der Waals surface area contributed by atoms with Crippen LogP contribution in [-0.4, -0.2) is 26.2 Å². The van der Waals surface area contributed by atoms with Crippen molar-refractivity contribution in [2.75, 3.05) is 13.6 Å². The number of alkyl halides is 2. The Morgan fingerprint density at radius 1 is 1.08 bits per heavy atom. The Labute approximate surface area is 144 Å². The molecule has 0 aliphatic carbocycles. The molecule has 2 rings (SSSR count). The van der Waals surface area contributed by atoms with Gasteiger partial charge in [0.05, 0.1) is 0 Å². The zero-order chi connectivity index (χ0) is 18.1. The summed E-state index contributed by atoms with van der Waals surface area (Å²) in [5.74, 6) is 0.422. The molecule has 0 spiro atoms. The van der Waals surface area contributed by atoms with E-state index in [-0.39, 0.29) is 11.6 Å². The molecule has 0 fully saturated rings. The molecule has 0 radical (unpaired) electrons. The summed E-state index contributed by atoms with van der Waals surface area (Å²) in [5.41, 5.74) is 1.67. The van der Waals surface area contributed by atoms with E-state index in [2.05, 4.69) is 20.4 Å². The fourth-order valence-electron chi connectivity index (χ4n) is 2.26. The molecule has 0 saturated heterocycles. The normalized spacial score (nSPS) is 11.5. The predicted octanol–water partition coefficient (Wildman–Crippen LogP) is 3.33. The lowest BCUT2D eigenvalue weighted by molar-refractivity contribution is -0.0498. The van der Waals surface area contributed by atoms with Crippen LogP contribution in [0.4, 0.5) is 13.2 Å². The quantitative estimate of drug-likeness (QED) is 0.594. The fourth-order valence-corrected chi connectivity index (χ4v) is 2.26. The standard InChI is InChI=1S/C18H20F3N3O/c1-22-18(23-9-8-13-4-2-6-15(19)10-13)24-12-14-5-3-7-16(11-14)25-17(20)21/h2-7,10-11,17H,8-9,12H2,1H3,(H2,22,23,24). The molecule has 134 valence electrons. The minimum Gasteiger partial charge on any atom is -0.435 e. The summed E-state index contributed by atoms with van der Waals surface area (Å²) >= 11 is 0. The minimum atomic E-state index is -2.85. The van der Waals surface area contributed by atoms with E-state index in [0.29, 0.717) is 25.5 Å². The smallest absolute Gasteiger partial charge is 0.387 e. The maximum Gasteiger partial charge on any atom is 0.387 e. The highest BCUT2D eigenvalue weighted by Gasteiger charge is 2.05. The van der Waals surface area contributed by atoms with Crippen LogP contribution >= 0.6 is 0 Å². The predicted molar refractivity (Wildman–Crippen MR) is 91.4 cm³/mol. The molecule has 2 N–H and O–H groups in total. The third-order valence-electron chi connectivity index (χ3n) is 3.40. The Balaban J connectivity index is 1.80. The second-order valence-corrected chi connectivity index (χ2v) is 5.26. The highest BCUT2D eigenvalue weighted by Crippen LogP contribution is 2.15. The number of hydrogen-bond donors (Lipinski definition) is 2. The molecule has 4 nitrogen and oxygen atoms in total. The highest BCUT2D eigenvalue weighted by molar-refractivity contribution is 5.79. The van der Waals surface area contributed by atoms with E-state index in [1.165, 1.54) is 18.2 Å². The molecule has 2 aromatic carbocycles. The van der Waals surface area contributed by atoms with Crippen molar-refractivity contribution in [2.24, 2.45) is 4.99 Å². The van der Waals surface area contributed by atoms with E-state index < -0.39 is 6.61 Å². The monoisotopic (exact) mass is 351 g/mol. The molecule has 0 atom stereocenters. The van der Waals surface area contributed by atoms with Crippen molar-refractivity contribution in [2.45, 2.75) is 19.6 Å². The van der Waals surface area contributed by atoms with Gasteiger partial charge in [0.15, 0.2) is 5.96 Å². The number of nitrogens with zero attached hydrogens (tertiary/aromatic N) is 1. The fraction of sp³-hybridized carbons (Fsp3) is 0.278. The minimum absolute atomic E-state index is 0.114. The molecule has 0 saturated carbocycles. The van der Waals surface area contributed by atoms with Gasteiger partial charge < -0.3 is 15.4 Å². The van der Waals surface area contributed by atoms with E-state index in [9.17, 15) is 13.2 Å². The lowest BCUT2D eigenvalue weighted by atomic mass is 10.1. The Morgan fingerprint density at radius 3 is 2.56 bits per heavy atom. The Morgan fingerprint density at radius 2 is 1.84 bits per heavy atom. The zero-order valence-corrected chi connectivity index (χ0v) is 13.8. The van der Waals surface area contributed by atoms with E-state index in [1.807, 2.05) is 6.07 Å². The van der Waals surface area contributed by atoms with Gasteiger partial charge in [0.2, 0.25) is 0 Å². The van der Waals surface area contributed by atoms with Crippen molar-refractivity contribution in [3.63, 3.8) is 0 Å². The van der Waals surface area contributed by atoms with Gasteiger partial charge in [-0.05, 0) is 41.8 Å². The largest absolute Gasteiger partial charge is 0.435 e. The lowest BCUT2D eigenvalue weighted by Crippen LogP contribution is -2.37. The molecule has 7 heteroatoms. The molecule has 0 aromatic heterocycles. The number of nitrogens with one attached hydrogen (secondary N) is 2. The van der Waals surface area contributed by atoms with Gasteiger partial charge in [0, 0.05) is 20.1 Å². The first-order chi connectivity index (χ1) is 12.1. The van der Waals surface area contributed by atoms with E-state index >= 15 is 0 Å². The molecular weight excluding hydrogens is 331 g/mol. The Hall–Kier alpha value is -2.70. The maximum absolute atomic E-state index is 13.1. The van der Waals surface area contributed by atoms with Crippen molar-refractivity contribution >= 4 is 5.96 Å². The topological polar surface area (TPSA) is 45.7 Å². The maximum atomic E-state index is 13.1. The zero-order valence-electron chi connectivity index (χ0n) is 13.8. The van der Waals surface area contributed by atoms with Gasteiger partial charge >= 0.3 is 6.61 Å². The van der Waals surface area contributed by atoms with Crippen LogP contribution in [0.3, 0.4) is 0 Å². The third-order valence-corrected chi connectivity index (χ3v) is 3.40. The van der Waals surface area contributed by atoms with Crippen molar-refractivity contribution in [3.8, 4) is 5.75 Å². The molecule has 0 aliphatic rings. The number of ether oxygens (including phenoxy) is 1. The van der Waals surface area contributed by atoms with Crippen LogP contribution in [0.25, 0.3) is 0 Å². The Kier molecular flexibility index (Phi) is 7.13. The number of benzene rings is 2. The second kappa shape index (κ2) is 9.56. The number of rotatable bonds is 7. The molecule has 0 bridgehead atoms. The first-order valence-corrected chi connectivity index (χ1v) is 7.79. The van der Waals surface area contributed by atoms with Crippen molar-refractivity contribution in [1.29, 1.82) is 0 Å². The SMILES string of the molecule is CN=C(NCCc1cccc(F)c1)NCc1cccc(OC(F)F)c1. The highest BCUT2D eigenvalue weighted by atomic mass is 19.3. The molecule has 0 unspecified atom stereocenters. The summed E-state index contributed by atoms with van der Waals surface area (Å²) in [5, 5.41) is 6.21. The summed E-state index contributed by atoms with van der Waals surface area (Å²) in [6.45, 7) is -1.86. The van der Waals surface area contributed by atoms with Crippen LogP contribution in [0, 0.1) is 5.82 Å². The molecule has 2 aromatic rings. The van der Waals surface area contributed by atoms with Crippen LogP contribution in [0.1, 0.15) is 11.1 Å². The average Bonchev–Trinajstić information content (AvgIpc) is 2.58. The number of guanidine groups is 1. The van der Waals surface area contributed by atoms with E-state index in [1.54, 1.807) is 31.3 Å². The summed E-state index contributed by atoms with van der Waals surface area (Å²) < 4.78 is 42.0. The van der Waals surface area contributed by atoms with Crippen LogP contribution < -0.4 is 15.4 Å². The summed E-state index contributed by atoms with van der Waals surface area (Å²) in [4.78, 5) is 4.09. The van der Waals surface area contributed by atoms with Crippen LogP contribution in [0.15, 0.2) is 53.5 Å². The number of aliphatic imine (C=N–C) groups is 1. The molecule has 25 heavy (non-hydrogen) atoms. The lowest BCUT2D eigenvalue weighted by Gasteiger charge is -2.13. The van der Waals surface area contributed by atoms with Gasteiger partial charge in [0.25, 0.3) is 0 Å². The van der Waals surface area contributed by atoms with Crippen LogP contribution in [0.2, 0.25) is 0 Å². The molecule has 0 aliphatic heterocycles. The van der Waals surface area contributed by atoms with Gasteiger partial charge in [0.1, 0.15) is 11.6 Å². The van der Waals surface area contributed by atoms with Gasteiger partial charge in [-0.15, -0.1) is 0 Å². The number of halogens is 3. The third kappa shape index (κ3) is 6.74. The first-order valence-electron chi connectivity index (χ1n) is 7.79. The second-order valence-electron chi connectivity index (χ2n) is 5.26. The van der Waals surface area contributed by atoms with Gasteiger partial charge in [-0.25, -0.2) is 4.39 Å². The van der Waals surface area contributed by atoms with Gasteiger partial charge in [-0.1, -0.05) is 24.3 Å². The molecule has 0 amide bonds. The van der Waals surface area contributed by atoms with Crippen LogP contribution in [-0.2, 0) is 13.0 Å². The van der Waals surface area contributed by atoms with Crippen molar-refractivity contribution in [1.82, 2.24) is 10.6 Å². The average molecular weight is 351 g/mol. The van der Waals surface area contributed by atoms with Gasteiger partial charge in [-0.2, -0.15) is 8.78 Å². The van der Waals surface area contributed by atoms with Crippen molar-refractivity contribution in [3.05, 3.63) is 65.5 Å². The van der Waals surface area contributed by atoms with Crippen LogP contribution in [0.5, 0.6) is 5.75 Å². The van der Waals surface area contributed by atoms with E-state index in [4.69, 9.17) is 0 Å². The Bertz CT molecular complexity index is 707. The number of hydrogen-bond acceptors (Lipinski definition) is 2. The van der Waals surface area contributed by atoms with E-state index in [0.717, 1.165) is 11.1 Å². The summed E-state index contributed by atoms with van der Waals surface area (Å²) in [6, 6.07) is 12.9.